The van der Waals surface area contributed by atoms with Crippen molar-refractivity contribution < 1.29 is 4.74 Å². The molecule has 0 aromatic rings. The van der Waals surface area contributed by atoms with E-state index in [1.807, 2.05) is 0 Å². The average molecular weight is 180 g/mol. The summed E-state index contributed by atoms with van der Waals surface area (Å²) in [7, 11) is 0. The molecule has 1 nitrogen and oxygen atoms in total. The van der Waals surface area contributed by atoms with Crippen molar-refractivity contribution in [1.82, 2.24) is 0 Å². The van der Waals surface area contributed by atoms with Crippen molar-refractivity contribution in [2.24, 2.45) is 29.6 Å². The molecule has 0 amide bonds. The van der Waals surface area contributed by atoms with E-state index in [0.717, 1.165) is 42.8 Å². The summed E-state index contributed by atoms with van der Waals surface area (Å²) in [5, 5.41) is 0. The highest BCUT2D eigenvalue weighted by atomic mass is 16.5. The van der Waals surface area contributed by atoms with E-state index in [1.165, 1.54) is 6.42 Å². The van der Waals surface area contributed by atoms with E-state index in [2.05, 4.69) is 6.92 Å². The first-order valence-electron chi connectivity index (χ1n) is 5.96. The Balaban J connectivity index is 1.70. The second-order valence-electron chi connectivity index (χ2n) is 5.32. The molecular formula is C12H20O. The van der Waals surface area contributed by atoms with E-state index in [9.17, 15) is 0 Å². The molecule has 4 aliphatic carbocycles. The highest BCUT2D eigenvalue weighted by molar-refractivity contribution is 5.02. The summed E-state index contributed by atoms with van der Waals surface area (Å²) in [5.74, 6) is 5.29. The molecule has 0 heterocycles. The first-order chi connectivity index (χ1) is 6.38. The first-order valence-corrected chi connectivity index (χ1v) is 5.96. The van der Waals surface area contributed by atoms with Crippen LogP contribution >= 0.6 is 0 Å². The Morgan fingerprint density at radius 2 is 1.92 bits per heavy atom. The van der Waals surface area contributed by atoms with Crippen molar-refractivity contribution >= 4 is 0 Å². The molecule has 74 valence electrons. The van der Waals surface area contributed by atoms with Gasteiger partial charge in [-0.1, -0.05) is 0 Å². The quantitative estimate of drug-likeness (QED) is 0.649. The van der Waals surface area contributed by atoms with Gasteiger partial charge in [-0.3, -0.25) is 0 Å². The molecule has 0 N–H and O–H groups in total. The van der Waals surface area contributed by atoms with Crippen molar-refractivity contribution in [3.05, 3.63) is 0 Å². The fourth-order valence-electron chi connectivity index (χ4n) is 4.39. The average Bonchev–Trinajstić information content (AvgIpc) is 2.53. The van der Waals surface area contributed by atoms with Crippen LogP contribution in [-0.4, -0.2) is 13.2 Å². The van der Waals surface area contributed by atoms with Gasteiger partial charge in [-0.15, -0.1) is 0 Å². The van der Waals surface area contributed by atoms with E-state index in [1.54, 1.807) is 19.3 Å². The fourth-order valence-corrected chi connectivity index (χ4v) is 4.39. The third kappa shape index (κ3) is 1.16. The maximum atomic E-state index is 5.62. The van der Waals surface area contributed by atoms with Crippen molar-refractivity contribution in [3.63, 3.8) is 0 Å². The predicted octanol–water partition coefficient (Wildman–Crippen LogP) is 2.71. The molecule has 0 spiro atoms. The minimum atomic E-state index is 0.907. The van der Waals surface area contributed by atoms with Crippen LogP contribution in [0, 0.1) is 29.6 Å². The van der Waals surface area contributed by atoms with Gasteiger partial charge in [0.15, 0.2) is 0 Å². The minimum absolute atomic E-state index is 0.907. The summed E-state index contributed by atoms with van der Waals surface area (Å²) in [6.45, 7) is 4.09. The summed E-state index contributed by atoms with van der Waals surface area (Å²) in [6.07, 6.45) is 6.17. The van der Waals surface area contributed by atoms with E-state index in [-0.39, 0.29) is 0 Å². The summed E-state index contributed by atoms with van der Waals surface area (Å²) in [5.41, 5.74) is 0. The zero-order valence-corrected chi connectivity index (χ0v) is 8.54. The molecule has 0 radical (unpaired) electrons. The number of ether oxygens (including phenoxy) is 1. The SMILES string of the molecule is CCOCC1C2CC3CC2C[C@H]1C3. The van der Waals surface area contributed by atoms with Gasteiger partial charge in [-0.05, 0) is 62.2 Å². The zero-order chi connectivity index (χ0) is 8.84. The van der Waals surface area contributed by atoms with Gasteiger partial charge < -0.3 is 4.74 Å². The molecule has 0 aromatic heterocycles. The second kappa shape index (κ2) is 2.98. The molecule has 4 saturated carbocycles. The van der Waals surface area contributed by atoms with E-state index >= 15 is 0 Å². The van der Waals surface area contributed by atoms with Crippen molar-refractivity contribution in [2.75, 3.05) is 13.2 Å². The first kappa shape index (κ1) is 8.28. The van der Waals surface area contributed by atoms with Gasteiger partial charge in [-0.2, -0.15) is 0 Å². The summed E-state index contributed by atoms with van der Waals surface area (Å²) in [6, 6.07) is 0. The highest BCUT2D eigenvalue weighted by Crippen LogP contribution is 2.60. The Bertz CT molecular complexity index is 197. The van der Waals surface area contributed by atoms with Crippen LogP contribution in [-0.2, 0) is 4.74 Å². The van der Waals surface area contributed by atoms with Crippen molar-refractivity contribution in [2.45, 2.75) is 32.6 Å². The Hall–Kier alpha value is -0.0400. The zero-order valence-electron chi connectivity index (χ0n) is 8.54. The Morgan fingerprint density at radius 1 is 1.08 bits per heavy atom. The van der Waals surface area contributed by atoms with Gasteiger partial charge in [0.25, 0.3) is 0 Å². The molecule has 4 aliphatic rings. The van der Waals surface area contributed by atoms with Gasteiger partial charge in [0.05, 0.1) is 0 Å². The monoisotopic (exact) mass is 180 g/mol. The molecule has 0 aromatic carbocycles. The van der Waals surface area contributed by atoms with Crippen LogP contribution in [0.15, 0.2) is 0 Å². The van der Waals surface area contributed by atoms with Gasteiger partial charge in [0.2, 0.25) is 0 Å². The Kier molecular flexibility index (Phi) is 1.90. The fraction of sp³-hybridized carbons (Fsp3) is 1.00. The lowest BCUT2D eigenvalue weighted by Gasteiger charge is -2.31. The maximum absolute atomic E-state index is 5.62. The van der Waals surface area contributed by atoms with Crippen molar-refractivity contribution in [1.29, 1.82) is 0 Å². The minimum Gasteiger partial charge on any atom is -0.381 e. The highest BCUT2D eigenvalue weighted by Gasteiger charge is 2.53. The smallest absolute Gasteiger partial charge is 0.0499 e. The van der Waals surface area contributed by atoms with E-state index < -0.39 is 0 Å². The van der Waals surface area contributed by atoms with E-state index in [0.29, 0.717) is 0 Å². The lowest BCUT2D eigenvalue weighted by Crippen LogP contribution is -2.26. The van der Waals surface area contributed by atoms with Gasteiger partial charge in [-0.25, -0.2) is 0 Å². The summed E-state index contributed by atoms with van der Waals surface area (Å²) >= 11 is 0. The van der Waals surface area contributed by atoms with Gasteiger partial charge >= 0.3 is 0 Å². The molecule has 4 bridgehead atoms. The molecule has 0 saturated heterocycles. The van der Waals surface area contributed by atoms with Crippen LogP contribution in [0.2, 0.25) is 0 Å². The normalized spacial score (nSPS) is 51.9. The molecule has 4 unspecified atom stereocenters. The van der Waals surface area contributed by atoms with Crippen LogP contribution < -0.4 is 0 Å². The van der Waals surface area contributed by atoms with Gasteiger partial charge in [0.1, 0.15) is 0 Å². The third-order valence-corrected chi connectivity index (χ3v) is 4.76. The van der Waals surface area contributed by atoms with E-state index in [4.69, 9.17) is 4.74 Å². The lowest BCUT2D eigenvalue weighted by atomic mass is 9.76. The molecule has 4 rings (SSSR count). The number of hydrogen-bond acceptors (Lipinski definition) is 1. The standard InChI is InChI=1S/C12H20O/c1-2-13-7-12-10-4-8-3-9(6-10)11(12)5-8/h8-12H,2-7H2,1H3/t8?,9?,10-,11?,12?/m1/s1. The van der Waals surface area contributed by atoms with Crippen molar-refractivity contribution in [3.8, 4) is 0 Å². The lowest BCUT2D eigenvalue weighted by molar-refractivity contribution is 0.0563. The Labute approximate surface area is 80.8 Å². The molecule has 5 atom stereocenters. The molecule has 0 aliphatic heterocycles. The van der Waals surface area contributed by atoms with Crippen LogP contribution in [0.4, 0.5) is 0 Å². The molecule has 1 heteroatoms. The third-order valence-electron chi connectivity index (χ3n) is 4.76. The number of rotatable bonds is 3. The summed E-state index contributed by atoms with van der Waals surface area (Å²) in [4.78, 5) is 0. The second-order valence-corrected chi connectivity index (χ2v) is 5.32. The number of hydrogen-bond donors (Lipinski definition) is 0. The molecule has 4 fully saturated rings. The van der Waals surface area contributed by atoms with Crippen LogP contribution in [0.3, 0.4) is 0 Å². The van der Waals surface area contributed by atoms with Crippen LogP contribution in [0.1, 0.15) is 32.6 Å². The Morgan fingerprint density at radius 3 is 2.69 bits per heavy atom. The predicted molar refractivity (Wildman–Crippen MR) is 52.4 cm³/mol. The molecular weight excluding hydrogens is 160 g/mol. The topological polar surface area (TPSA) is 9.23 Å². The largest absolute Gasteiger partial charge is 0.381 e. The van der Waals surface area contributed by atoms with Crippen LogP contribution in [0.25, 0.3) is 0 Å². The maximum Gasteiger partial charge on any atom is 0.0499 e. The summed E-state index contributed by atoms with van der Waals surface area (Å²) < 4.78 is 5.62. The van der Waals surface area contributed by atoms with Gasteiger partial charge in [0, 0.05) is 13.2 Å². The van der Waals surface area contributed by atoms with Crippen LogP contribution in [0.5, 0.6) is 0 Å². The molecule has 13 heavy (non-hydrogen) atoms.